The summed E-state index contributed by atoms with van der Waals surface area (Å²) in [5, 5.41) is 3.37. The van der Waals surface area contributed by atoms with E-state index in [-0.39, 0.29) is 11.8 Å². The summed E-state index contributed by atoms with van der Waals surface area (Å²) < 4.78 is 25.3. The van der Waals surface area contributed by atoms with Crippen LogP contribution in [-0.4, -0.2) is 26.8 Å². The SMILES string of the molecule is CCCNC(CS(=O)(=O)c1ccc2c(c1)CCC2)C(C)C. The predicted molar refractivity (Wildman–Crippen MR) is 87.4 cm³/mol. The van der Waals surface area contributed by atoms with Crippen LogP contribution in [0.1, 0.15) is 44.7 Å². The van der Waals surface area contributed by atoms with Gasteiger partial charge in [0.2, 0.25) is 0 Å². The standard InChI is InChI=1S/C17H27NO2S/c1-4-10-18-17(13(2)3)12-21(19,20)16-9-8-14-6-5-7-15(14)11-16/h8-9,11,13,17-18H,4-7,10,12H2,1-3H3. The first-order chi connectivity index (χ1) is 9.94. The molecule has 0 fully saturated rings. The molecule has 0 spiro atoms. The van der Waals surface area contributed by atoms with Gasteiger partial charge in [-0.05, 0) is 61.4 Å². The Kier molecular flexibility index (Phi) is 5.44. The van der Waals surface area contributed by atoms with Crippen molar-refractivity contribution in [2.45, 2.75) is 57.4 Å². The Labute approximate surface area is 129 Å². The van der Waals surface area contributed by atoms with Gasteiger partial charge in [0.15, 0.2) is 9.84 Å². The monoisotopic (exact) mass is 309 g/mol. The van der Waals surface area contributed by atoms with Crippen molar-refractivity contribution in [1.29, 1.82) is 0 Å². The van der Waals surface area contributed by atoms with Crippen LogP contribution in [0.5, 0.6) is 0 Å². The minimum atomic E-state index is -3.22. The second kappa shape index (κ2) is 6.93. The van der Waals surface area contributed by atoms with Crippen molar-refractivity contribution in [3.63, 3.8) is 0 Å². The molecule has 21 heavy (non-hydrogen) atoms. The lowest BCUT2D eigenvalue weighted by Crippen LogP contribution is -2.40. The summed E-state index contributed by atoms with van der Waals surface area (Å²) in [6, 6.07) is 5.70. The zero-order valence-corrected chi connectivity index (χ0v) is 14.2. The van der Waals surface area contributed by atoms with E-state index in [9.17, 15) is 8.42 Å². The molecule has 4 heteroatoms. The Hall–Kier alpha value is -0.870. The average molecular weight is 309 g/mol. The van der Waals surface area contributed by atoms with Crippen molar-refractivity contribution < 1.29 is 8.42 Å². The number of hydrogen-bond donors (Lipinski definition) is 1. The van der Waals surface area contributed by atoms with E-state index < -0.39 is 9.84 Å². The first-order valence-corrected chi connectivity index (χ1v) is 9.67. The predicted octanol–water partition coefficient (Wildman–Crippen LogP) is 2.97. The molecule has 1 atom stereocenters. The number of nitrogens with one attached hydrogen (secondary N) is 1. The van der Waals surface area contributed by atoms with Gasteiger partial charge in [-0.15, -0.1) is 0 Å². The fraction of sp³-hybridized carbons (Fsp3) is 0.647. The molecule has 1 aromatic carbocycles. The molecule has 0 aromatic heterocycles. The summed E-state index contributed by atoms with van der Waals surface area (Å²) in [5.74, 6) is 0.490. The molecular formula is C17H27NO2S. The number of fused-ring (bicyclic) bond motifs is 1. The van der Waals surface area contributed by atoms with Gasteiger partial charge in [-0.3, -0.25) is 0 Å². The maximum Gasteiger partial charge on any atom is 0.179 e. The highest BCUT2D eigenvalue weighted by molar-refractivity contribution is 7.91. The zero-order chi connectivity index (χ0) is 15.5. The summed E-state index contributed by atoms with van der Waals surface area (Å²) in [6.45, 7) is 7.11. The Bertz CT molecular complexity index is 578. The van der Waals surface area contributed by atoms with Crippen LogP contribution < -0.4 is 5.32 Å². The van der Waals surface area contributed by atoms with Crippen molar-refractivity contribution in [3.05, 3.63) is 29.3 Å². The Morgan fingerprint density at radius 3 is 2.57 bits per heavy atom. The van der Waals surface area contributed by atoms with Crippen LogP contribution in [0.25, 0.3) is 0 Å². The zero-order valence-electron chi connectivity index (χ0n) is 13.4. The first kappa shape index (κ1) is 16.5. The molecule has 0 radical (unpaired) electrons. The smallest absolute Gasteiger partial charge is 0.179 e. The molecule has 1 aliphatic rings. The maximum absolute atomic E-state index is 12.7. The Morgan fingerprint density at radius 1 is 1.19 bits per heavy atom. The summed E-state index contributed by atoms with van der Waals surface area (Å²) in [7, 11) is -3.22. The third kappa shape index (κ3) is 4.07. The molecule has 0 bridgehead atoms. The second-order valence-corrected chi connectivity index (χ2v) is 8.40. The van der Waals surface area contributed by atoms with Gasteiger partial charge in [0.25, 0.3) is 0 Å². The molecule has 0 heterocycles. The van der Waals surface area contributed by atoms with Crippen molar-refractivity contribution >= 4 is 9.84 Å². The van der Waals surface area contributed by atoms with E-state index in [1.807, 2.05) is 12.1 Å². The molecule has 0 aliphatic heterocycles. The first-order valence-electron chi connectivity index (χ1n) is 8.02. The largest absolute Gasteiger partial charge is 0.313 e. The van der Waals surface area contributed by atoms with Gasteiger partial charge in [-0.2, -0.15) is 0 Å². The lowest BCUT2D eigenvalue weighted by Gasteiger charge is -2.22. The minimum Gasteiger partial charge on any atom is -0.313 e. The number of rotatable bonds is 7. The number of sulfone groups is 1. The van der Waals surface area contributed by atoms with Crippen LogP contribution in [0.2, 0.25) is 0 Å². The van der Waals surface area contributed by atoms with Gasteiger partial charge < -0.3 is 5.32 Å². The molecular weight excluding hydrogens is 282 g/mol. The lowest BCUT2D eigenvalue weighted by atomic mass is 10.1. The minimum absolute atomic E-state index is 0.0169. The van der Waals surface area contributed by atoms with E-state index in [4.69, 9.17) is 0 Å². The number of benzene rings is 1. The van der Waals surface area contributed by atoms with Crippen molar-refractivity contribution in [1.82, 2.24) is 5.32 Å². The van der Waals surface area contributed by atoms with Crippen LogP contribution in [0.4, 0.5) is 0 Å². The molecule has 1 aromatic rings. The summed E-state index contributed by atoms with van der Waals surface area (Å²) in [6.07, 6.45) is 4.26. The van der Waals surface area contributed by atoms with E-state index >= 15 is 0 Å². The quantitative estimate of drug-likeness (QED) is 0.842. The van der Waals surface area contributed by atoms with Crippen LogP contribution in [0, 0.1) is 5.92 Å². The maximum atomic E-state index is 12.7. The van der Waals surface area contributed by atoms with Gasteiger partial charge in [-0.25, -0.2) is 8.42 Å². The number of hydrogen-bond acceptors (Lipinski definition) is 3. The molecule has 2 rings (SSSR count). The molecule has 1 unspecified atom stereocenters. The molecule has 0 amide bonds. The van der Waals surface area contributed by atoms with Crippen LogP contribution >= 0.6 is 0 Å². The van der Waals surface area contributed by atoms with Crippen molar-refractivity contribution in [2.75, 3.05) is 12.3 Å². The number of aryl methyl sites for hydroxylation is 2. The second-order valence-electron chi connectivity index (χ2n) is 6.37. The fourth-order valence-corrected chi connectivity index (χ4v) is 4.66. The third-order valence-electron chi connectivity index (χ3n) is 4.29. The van der Waals surface area contributed by atoms with Gasteiger partial charge in [0.1, 0.15) is 0 Å². The van der Waals surface area contributed by atoms with E-state index in [0.717, 1.165) is 32.2 Å². The fourth-order valence-electron chi connectivity index (χ4n) is 2.89. The van der Waals surface area contributed by atoms with Crippen molar-refractivity contribution in [2.24, 2.45) is 5.92 Å². The van der Waals surface area contributed by atoms with Crippen LogP contribution in [0.3, 0.4) is 0 Å². The molecule has 1 N–H and O–H groups in total. The van der Waals surface area contributed by atoms with E-state index in [2.05, 4.69) is 26.1 Å². The Morgan fingerprint density at radius 2 is 1.90 bits per heavy atom. The van der Waals surface area contributed by atoms with E-state index in [1.54, 1.807) is 6.07 Å². The molecule has 1 aliphatic carbocycles. The summed E-state index contributed by atoms with van der Waals surface area (Å²) in [4.78, 5) is 0.493. The van der Waals surface area contributed by atoms with Gasteiger partial charge in [0.05, 0.1) is 10.6 Å². The summed E-state index contributed by atoms with van der Waals surface area (Å²) >= 11 is 0. The van der Waals surface area contributed by atoms with Crippen LogP contribution in [0.15, 0.2) is 23.1 Å². The highest BCUT2D eigenvalue weighted by Crippen LogP contribution is 2.25. The highest BCUT2D eigenvalue weighted by Gasteiger charge is 2.24. The third-order valence-corrected chi connectivity index (χ3v) is 6.06. The van der Waals surface area contributed by atoms with Crippen molar-refractivity contribution in [3.8, 4) is 0 Å². The van der Waals surface area contributed by atoms with Crippen LogP contribution in [-0.2, 0) is 22.7 Å². The van der Waals surface area contributed by atoms with Gasteiger partial charge in [-0.1, -0.05) is 26.8 Å². The molecule has 118 valence electrons. The molecule has 0 saturated carbocycles. The highest BCUT2D eigenvalue weighted by atomic mass is 32.2. The Balaban J connectivity index is 2.16. The summed E-state index contributed by atoms with van der Waals surface area (Å²) in [5.41, 5.74) is 2.54. The average Bonchev–Trinajstić information content (AvgIpc) is 2.90. The normalized spacial score (nSPS) is 16.2. The lowest BCUT2D eigenvalue weighted by molar-refractivity contribution is 0.426. The van der Waals surface area contributed by atoms with E-state index in [1.165, 1.54) is 11.1 Å². The topological polar surface area (TPSA) is 46.2 Å². The van der Waals surface area contributed by atoms with E-state index in [0.29, 0.717) is 10.8 Å². The van der Waals surface area contributed by atoms with Gasteiger partial charge >= 0.3 is 0 Å². The van der Waals surface area contributed by atoms with Gasteiger partial charge in [0, 0.05) is 6.04 Å². The molecule has 0 saturated heterocycles. The molecule has 3 nitrogen and oxygen atoms in total.